The zero-order valence-corrected chi connectivity index (χ0v) is 22.2. The molecule has 2 fully saturated rings. The van der Waals surface area contributed by atoms with Crippen LogP contribution in [0.15, 0.2) is 41.6 Å². The van der Waals surface area contributed by atoms with Gasteiger partial charge in [0, 0.05) is 19.6 Å². The van der Waals surface area contributed by atoms with E-state index in [-0.39, 0.29) is 24.9 Å². The Morgan fingerprint density at radius 2 is 1.82 bits per heavy atom. The number of carboxylic acids is 1. The number of carboxylic acid groups (broad SMARTS) is 1. The van der Waals surface area contributed by atoms with Crippen LogP contribution in [0.25, 0.3) is 0 Å². The molecule has 0 atom stereocenters. The fourth-order valence-corrected chi connectivity index (χ4v) is 5.72. The molecule has 5 nitrogen and oxygen atoms in total. The van der Waals surface area contributed by atoms with Crippen molar-refractivity contribution < 1.29 is 27.9 Å². The van der Waals surface area contributed by atoms with E-state index >= 15 is 0 Å². The van der Waals surface area contributed by atoms with Crippen LogP contribution in [0.5, 0.6) is 0 Å². The number of oxime groups is 1. The van der Waals surface area contributed by atoms with Gasteiger partial charge in [-0.05, 0) is 78.0 Å². The summed E-state index contributed by atoms with van der Waals surface area (Å²) in [6.07, 6.45) is 1.34. The van der Waals surface area contributed by atoms with Crippen LogP contribution in [-0.4, -0.2) is 34.8 Å². The summed E-state index contributed by atoms with van der Waals surface area (Å²) in [5, 5.41) is 13.1. The summed E-state index contributed by atoms with van der Waals surface area (Å²) in [5.41, 5.74) is 4.26. The average Bonchev–Trinajstić information content (AvgIpc) is 2.87. The third-order valence-corrected chi connectivity index (χ3v) is 7.80. The highest BCUT2D eigenvalue weighted by molar-refractivity contribution is 5.98. The number of aliphatic carboxylic acids is 1. The fourth-order valence-electron chi connectivity index (χ4n) is 5.72. The molecule has 0 radical (unpaired) electrons. The summed E-state index contributed by atoms with van der Waals surface area (Å²) >= 11 is 0. The molecule has 1 aliphatic heterocycles. The molecule has 1 heterocycles. The lowest BCUT2D eigenvalue weighted by Gasteiger charge is -2.39. The van der Waals surface area contributed by atoms with Crippen molar-refractivity contribution in [3.8, 4) is 0 Å². The number of halogens is 3. The molecule has 1 saturated heterocycles. The van der Waals surface area contributed by atoms with Gasteiger partial charge in [0.1, 0.15) is 6.61 Å². The zero-order valence-electron chi connectivity index (χ0n) is 22.2. The Labute approximate surface area is 222 Å². The van der Waals surface area contributed by atoms with E-state index in [0.29, 0.717) is 16.8 Å². The lowest BCUT2D eigenvalue weighted by Crippen LogP contribution is -2.46. The Balaban J connectivity index is 1.38. The van der Waals surface area contributed by atoms with Crippen LogP contribution in [0.4, 0.5) is 13.2 Å². The van der Waals surface area contributed by atoms with Crippen molar-refractivity contribution in [2.24, 2.45) is 11.1 Å². The van der Waals surface area contributed by atoms with Crippen LogP contribution in [-0.2, 0) is 35.4 Å². The maximum Gasteiger partial charge on any atom is 0.416 e. The van der Waals surface area contributed by atoms with Gasteiger partial charge in [-0.25, -0.2) is 0 Å². The lowest BCUT2D eigenvalue weighted by molar-refractivity contribution is -0.140. The molecule has 1 aliphatic carbocycles. The van der Waals surface area contributed by atoms with Crippen LogP contribution < -0.4 is 0 Å². The summed E-state index contributed by atoms with van der Waals surface area (Å²) < 4.78 is 41.5. The predicted octanol–water partition coefficient (Wildman–Crippen LogP) is 7.16. The number of benzene rings is 2. The van der Waals surface area contributed by atoms with E-state index in [1.165, 1.54) is 17.2 Å². The van der Waals surface area contributed by atoms with Crippen molar-refractivity contribution in [2.75, 3.05) is 13.1 Å². The molecule has 8 heteroatoms. The molecule has 0 spiro atoms. The number of nitrogens with zero attached hydrogens (tertiary/aromatic N) is 2. The summed E-state index contributed by atoms with van der Waals surface area (Å²) in [5.74, 6) is -0.555. The largest absolute Gasteiger partial charge is 0.481 e. The van der Waals surface area contributed by atoms with Gasteiger partial charge in [-0.15, -0.1) is 0 Å². The van der Waals surface area contributed by atoms with Crippen LogP contribution in [0.2, 0.25) is 0 Å². The first-order valence-corrected chi connectivity index (χ1v) is 13.6. The number of alkyl halides is 3. The Bertz CT molecular complexity index is 1150. The molecular weight excluding hydrogens is 493 g/mol. The Morgan fingerprint density at radius 3 is 2.47 bits per heavy atom. The Kier molecular flexibility index (Phi) is 9.13. The highest BCUT2D eigenvalue weighted by Gasteiger charge is 2.36. The van der Waals surface area contributed by atoms with E-state index in [4.69, 9.17) is 9.94 Å². The highest BCUT2D eigenvalue weighted by Crippen LogP contribution is 2.41. The van der Waals surface area contributed by atoms with E-state index in [0.717, 1.165) is 63.7 Å². The van der Waals surface area contributed by atoms with Gasteiger partial charge in [0.2, 0.25) is 0 Å². The molecule has 0 unspecified atom stereocenters. The molecule has 0 aromatic heterocycles. The first kappa shape index (κ1) is 28.1. The molecule has 1 saturated carbocycles. The molecule has 2 aromatic rings. The summed E-state index contributed by atoms with van der Waals surface area (Å²) in [7, 11) is 0. The number of hydrogen-bond acceptors (Lipinski definition) is 4. The zero-order chi connectivity index (χ0) is 27.3. The van der Waals surface area contributed by atoms with Gasteiger partial charge in [0.15, 0.2) is 0 Å². The van der Waals surface area contributed by atoms with E-state index in [2.05, 4.69) is 29.1 Å². The first-order chi connectivity index (χ1) is 18.1. The van der Waals surface area contributed by atoms with Gasteiger partial charge < -0.3 is 9.94 Å². The second-order valence-electron chi connectivity index (χ2n) is 10.7. The minimum absolute atomic E-state index is 0.0291. The molecule has 0 amide bonds. The van der Waals surface area contributed by atoms with E-state index < -0.39 is 17.7 Å². The summed E-state index contributed by atoms with van der Waals surface area (Å²) in [6.45, 7) is 6.26. The molecule has 4 rings (SSSR count). The van der Waals surface area contributed by atoms with Crippen molar-refractivity contribution in [1.29, 1.82) is 0 Å². The monoisotopic (exact) mass is 530 g/mol. The maximum absolute atomic E-state index is 13.8. The normalized spacial score (nSPS) is 17.9. The summed E-state index contributed by atoms with van der Waals surface area (Å²) in [6, 6.07) is 10.7. The SMILES string of the molecule is CCc1cc(/C(C)=N/OCc2ccc(C3CCCCC3)c(C(F)(F)F)c2)ccc1CN1CC(CC(=O)O)C1. The molecule has 206 valence electrons. The maximum atomic E-state index is 13.8. The quantitative estimate of drug-likeness (QED) is 0.261. The van der Waals surface area contributed by atoms with Gasteiger partial charge in [0.05, 0.1) is 17.7 Å². The number of rotatable bonds is 10. The van der Waals surface area contributed by atoms with Gasteiger partial charge >= 0.3 is 12.1 Å². The van der Waals surface area contributed by atoms with Crippen LogP contribution in [0.3, 0.4) is 0 Å². The first-order valence-electron chi connectivity index (χ1n) is 13.6. The second kappa shape index (κ2) is 12.3. The number of carbonyl (C=O) groups is 1. The van der Waals surface area contributed by atoms with Gasteiger partial charge in [-0.2, -0.15) is 13.2 Å². The van der Waals surface area contributed by atoms with E-state index in [1.807, 2.05) is 13.0 Å². The van der Waals surface area contributed by atoms with Gasteiger partial charge in [-0.1, -0.05) is 55.6 Å². The Morgan fingerprint density at radius 1 is 1.08 bits per heavy atom. The lowest BCUT2D eigenvalue weighted by atomic mass is 9.81. The highest BCUT2D eigenvalue weighted by atomic mass is 19.4. The van der Waals surface area contributed by atoms with Crippen molar-refractivity contribution in [3.05, 3.63) is 69.8 Å². The molecule has 0 bridgehead atoms. The van der Waals surface area contributed by atoms with Crippen LogP contribution in [0, 0.1) is 5.92 Å². The smallest absolute Gasteiger partial charge is 0.416 e. The van der Waals surface area contributed by atoms with Crippen LogP contribution in [0.1, 0.15) is 91.7 Å². The topological polar surface area (TPSA) is 62.1 Å². The van der Waals surface area contributed by atoms with Crippen molar-refractivity contribution in [3.63, 3.8) is 0 Å². The van der Waals surface area contributed by atoms with Gasteiger partial charge in [-0.3, -0.25) is 9.69 Å². The summed E-state index contributed by atoms with van der Waals surface area (Å²) in [4.78, 5) is 18.6. The number of likely N-dealkylation sites (tertiary alicyclic amines) is 1. The fraction of sp³-hybridized carbons (Fsp3) is 0.533. The standard InChI is InChI=1S/C30H37F3N2O3/c1-3-23-15-25(10-11-26(23)18-35-16-22(17-35)14-29(36)37)20(2)34-38-19-21-9-12-27(24-7-5-4-6-8-24)28(13-21)30(31,32)33/h9-13,15,22,24H,3-8,14,16-19H2,1-2H3,(H,36,37)/b34-20+. The van der Waals surface area contributed by atoms with E-state index in [9.17, 15) is 18.0 Å². The Hall–Kier alpha value is -2.87. The third-order valence-electron chi connectivity index (χ3n) is 7.80. The number of hydrogen-bond donors (Lipinski definition) is 1. The molecular formula is C30H37F3N2O3. The molecule has 38 heavy (non-hydrogen) atoms. The number of aryl methyl sites for hydroxylation is 1. The minimum atomic E-state index is -4.40. The van der Waals surface area contributed by atoms with Crippen molar-refractivity contribution in [2.45, 2.75) is 84.0 Å². The van der Waals surface area contributed by atoms with Crippen molar-refractivity contribution in [1.82, 2.24) is 4.90 Å². The molecule has 2 aliphatic rings. The van der Waals surface area contributed by atoms with E-state index in [1.54, 1.807) is 12.1 Å². The molecule has 1 N–H and O–H groups in total. The minimum Gasteiger partial charge on any atom is -0.481 e. The second-order valence-corrected chi connectivity index (χ2v) is 10.7. The predicted molar refractivity (Wildman–Crippen MR) is 141 cm³/mol. The van der Waals surface area contributed by atoms with Crippen molar-refractivity contribution >= 4 is 11.7 Å². The average molecular weight is 531 g/mol. The van der Waals surface area contributed by atoms with Gasteiger partial charge in [0.25, 0.3) is 0 Å². The third kappa shape index (κ3) is 7.16. The van der Waals surface area contributed by atoms with Crippen LogP contribution >= 0.6 is 0 Å². The molecule has 2 aromatic carbocycles.